The summed E-state index contributed by atoms with van der Waals surface area (Å²) in [6.07, 6.45) is 1.75. The van der Waals surface area contributed by atoms with E-state index in [0.717, 1.165) is 10.6 Å². The highest BCUT2D eigenvalue weighted by molar-refractivity contribution is 5.89. The molecule has 0 N–H and O–H groups in total. The molecule has 21 heavy (non-hydrogen) atoms. The summed E-state index contributed by atoms with van der Waals surface area (Å²) in [4.78, 5) is 23.5. The van der Waals surface area contributed by atoms with Gasteiger partial charge in [-0.15, -0.1) is 0 Å². The van der Waals surface area contributed by atoms with Gasteiger partial charge in [0.15, 0.2) is 0 Å². The highest BCUT2D eigenvalue weighted by Crippen LogP contribution is 2.09. The predicted octanol–water partition coefficient (Wildman–Crippen LogP) is 0.950. The van der Waals surface area contributed by atoms with E-state index >= 15 is 0 Å². The van der Waals surface area contributed by atoms with E-state index in [4.69, 9.17) is 15.8 Å². The van der Waals surface area contributed by atoms with Gasteiger partial charge in [0.2, 0.25) is 0 Å². The number of pyridine rings is 1. The molecule has 0 aromatic carbocycles. The smallest absolute Gasteiger partial charge is 0.339 e. The highest BCUT2D eigenvalue weighted by atomic mass is 16.5. The predicted molar refractivity (Wildman–Crippen MR) is 70.7 cm³/mol. The van der Waals surface area contributed by atoms with Gasteiger partial charge in [-0.2, -0.15) is 15.8 Å². The molecule has 7 nitrogen and oxygen atoms in total. The Kier molecular flexibility index (Phi) is 5.67. The van der Waals surface area contributed by atoms with E-state index in [1.807, 2.05) is 12.1 Å². The molecule has 0 fully saturated rings. The van der Waals surface area contributed by atoms with E-state index in [0.29, 0.717) is 6.42 Å². The van der Waals surface area contributed by atoms with Crippen LogP contribution in [0, 0.1) is 39.9 Å². The number of esters is 1. The third kappa shape index (κ3) is 3.92. The maximum absolute atomic E-state index is 12.0. The first-order valence-corrected chi connectivity index (χ1v) is 6.06. The van der Waals surface area contributed by atoms with Gasteiger partial charge in [-0.3, -0.25) is 4.79 Å². The van der Waals surface area contributed by atoms with Gasteiger partial charge in [-0.1, -0.05) is 0 Å². The second-order valence-electron chi connectivity index (χ2n) is 4.23. The van der Waals surface area contributed by atoms with Crippen LogP contribution in [0.15, 0.2) is 17.1 Å². The van der Waals surface area contributed by atoms with Crippen LogP contribution in [-0.2, 0) is 11.3 Å². The maximum Gasteiger partial charge on any atom is 0.339 e. The van der Waals surface area contributed by atoms with E-state index in [2.05, 4.69) is 4.74 Å². The second kappa shape index (κ2) is 7.47. The largest absolute Gasteiger partial charge is 0.465 e. The zero-order valence-electron chi connectivity index (χ0n) is 11.4. The molecule has 1 rings (SSSR count). The van der Waals surface area contributed by atoms with Gasteiger partial charge >= 0.3 is 5.97 Å². The van der Waals surface area contributed by atoms with E-state index in [-0.39, 0.29) is 24.1 Å². The molecule has 0 amide bonds. The molecule has 0 aliphatic heterocycles. The lowest BCUT2D eigenvalue weighted by atomic mass is 10.1. The number of carbonyl (C=O) groups excluding carboxylic acids is 1. The van der Waals surface area contributed by atoms with Crippen LogP contribution in [-0.4, -0.2) is 17.6 Å². The Bertz CT molecular complexity index is 716. The lowest BCUT2D eigenvalue weighted by molar-refractivity contribution is 0.0599. The quantitative estimate of drug-likeness (QED) is 0.742. The number of rotatable bonds is 5. The first-order valence-electron chi connectivity index (χ1n) is 6.06. The number of carbonyl (C=O) groups is 1. The van der Waals surface area contributed by atoms with Crippen LogP contribution in [0.3, 0.4) is 0 Å². The SMILES string of the molecule is COC(=O)c1cc(C#N)c(=O)n(CC(C#N)CCC#N)c1. The van der Waals surface area contributed by atoms with Crippen LogP contribution < -0.4 is 5.56 Å². The number of nitrogens with zero attached hydrogens (tertiary/aromatic N) is 4. The van der Waals surface area contributed by atoms with Gasteiger partial charge in [0, 0.05) is 19.2 Å². The Hall–Kier alpha value is -3.11. The van der Waals surface area contributed by atoms with Gasteiger partial charge < -0.3 is 9.30 Å². The molecule has 0 spiro atoms. The van der Waals surface area contributed by atoms with Crippen LogP contribution in [0.5, 0.6) is 0 Å². The van der Waals surface area contributed by atoms with E-state index < -0.39 is 17.4 Å². The Morgan fingerprint density at radius 2 is 2.14 bits per heavy atom. The monoisotopic (exact) mass is 284 g/mol. The molecule has 7 heteroatoms. The van der Waals surface area contributed by atoms with Gasteiger partial charge in [0.05, 0.1) is 30.7 Å². The Morgan fingerprint density at radius 3 is 2.67 bits per heavy atom. The standard InChI is InChI=1S/C14H12N4O3/c1-21-14(20)12-5-11(7-17)13(19)18(9-12)8-10(6-16)3-2-4-15/h5,9-10H,2-3,8H2,1H3. The Morgan fingerprint density at radius 1 is 1.43 bits per heavy atom. The van der Waals surface area contributed by atoms with Crippen LogP contribution in [0.4, 0.5) is 0 Å². The molecule has 0 saturated carbocycles. The molecule has 0 radical (unpaired) electrons. The summed E-state index contributed by atoms with van der Waals surface area (Å²) in [5.41, 5.74) is -0.720. The lowest BCUT2D eigenvalue weighted by Gasteiger charge is -2.11. The molecule has 0 saturated heterocycles. The van der Waals surface area contributed by atoms with Crippen molar-refractivity contribution >= 4 is 5.97 Å². The number of methoxy groups -OCH3 is 1. The maximum atomic E-state index is 12.0. The minimum absolute atomic E-state index is 0.0104. The fourth-order valence-electron chi connectivity index (χ4n) is 1.75. The number of aromatic nitrogens is 1. The van der Waals surface area contributed by atoms with Gasteiger partial charge in [0.1, 0.15) is 11.6 Å². The van der Waals surface area contributed by atoms with Gasteiger partial charge in [-0.05, 0) is 12.5 Å². The molecule has 0 bridgehead atoms. The molecule has 1 aromatic rings. The average Bonchev–Trinajstić information content (AvgIpc) is 2.51. The summed E-state index contributed by atoms with van der Waals surface area (Å²) in [7, 11) is 1.19. The summed E-state index contributed by atoms with van der Waals surface area (Å²) in [5, 5.41) is 26.5. The van der Waals surface area contributed by atoms with Crippen molar-refractivity contribution in [2.45, 2.75) is 19.4 Å². The third-order valence-corrected chi connectivity index (χ3v) is 2.83. The van der Waals surface area contributed by atoms with Crippen molar-refractivity contribution in [2.75, 3.05) is 7.11 Å². The number of hydrogen-bond acceptors (Lipinski definition) is 6. The zero-order valence-corrected chi connectivity index (χ0v) is 11.4. The summed E-state index contributed by atoms with van der Waals surface area (Å²) < 4.78 is 5.69. The summed E-state index contributed by atoms with van der Waals surface area (Å²) in [6.45, 7) is 0.0104. The minimum atomic E-state index is -0.675. The molecule has 1 heterocycles. The first-order chi connectivity index (χ1) is 10.1. The summed E-state index contributed by atoms with van der Waals surface area (Å²) in [6, 6.07) is 6.80. The highest BCUT2D eigenvalue weighted by Gasteiger charge is 2.15. The van der Waals surface area contributed by atoms with E-state index in [9.17, 15) is 9.59 Å². The molecule has 1 atom stereocenters. The van der Waals surface area contributed by atoms with Gasteiger partial charge in [0.25, 0.3) is 5.56 Å². The normalized spacial score (nSPS) is 10.8. The third-order valence-electron chi connectivity index (χ3n) is 2.83. The number of hydrogen-bond donors (Lipinski definition) is 0. The van der Waals surface area contributed by atoms with Crippen LogP contribution in [0.2, 0.25) is 0 Å². The first kappa shape index (κ1) is 15.9. The van der Waals surface area contributed by atoms with Crippen molar-refractivity contribution in [3.05, 3.63) is 33.7 Å². The van der Waals surface area contributed by atoms with Crippen LogP contribution in [0.1, 0.15) is 28.8 Å². The fourth-order valence-corrected chi connectivity index (χ4v) is 1.75. The Labute approximate surface area is 121 Å². The van der Waals surface area contributed by atoms with Crippen LogP contribution >= 0.6 is 0 Å². The molecule has 0 aliphatic rings. The van der Waals surface area contributed by atoms with Crippen molar-refractivity contribution in [3.63, 3.8) is 0 Å². The molecular weight excluding hydrogens is 272 g/mol. The summed E-state index contributed by atoms with van der Waals surface area (Å²) in [5.74, 6) is -1.23. The minimum Gasteiger partial charge on any atom is -0.465 e. The number of nitriles is 3. The molecule has 0 aliphatic carbocycles. The fraction of sp³-hybridized carbons (Fsp3) is 0.357. The van der Waals surface area contributed by atoms with Crippen molar-refractivity contribution in [3.8, 4) is 18.2 Å². The molecule has 1 unspecified atom stereocenters. The molecule has 106 valence electrons. The molecular formula is C14H12N4O3. The van der Waals surface area contributed by atoms with Crippen LogP contribution in [0.25, 0.3) is 0 Å². The number of ether oxygens (including phenoxy) is 1. The van der Waals surface area contributed by atoms with E-state index in [1.165, 1.54) is 13.3 Å². The molecule has 1 aromatic heterocycles. The van der Waals surface area contributed by atoms with Crippen molar-refractivity contribution in [1.29, 1.82) is 15.8 Å². The van der Waals surface area contributed by atoms with Crippen molar-refractivity contribution in [1.82, 2.24) is 4.57 Å². The topological polar surface area (TPSA) is 120 Å². The van der Waals surface area contributed by atoms with E-state index in [1.54, 1.807) is 6.07 Å². The van der Waals surface area contributed by atoms with Gasteiger partial charge in [-0.25, -0.2) is 4.79 Å². The lowest BCUT2D eigenvalue weighted by Crippen LogP contribution is -2.27. The van der Waals surface area contributed by atoms with Crippen molar-refractivity contribution in [2.24, 2.45) is 5.92 Å². The second-order valence-corrected chi connectivity index (χ2v) is 4.23. The Balaban J connectivity index is 3.20. The summed E-state index contributed by atoms with van der Waals surface area (Å²) >= 11 is 0. The average molecular weight is 284 g/mol. The van der Waals surface area contributed by atoms with Crippen molar-refractivity contribution < 1.29 is 9.53 Å². The zero-order chi connectivity index (χ0) is 15.8.